The van der Waals surface area contributed by atoms with Crippen molar-refractivity contribution in [3.05, 3.63) is 29.3 Å². The van der Waals surface area contributed by atoms with Crippen molar-refractivity contribution in [3.8, 4) is 5.75 Å². The van der Waals surface area contributed by atoms with Gasteiger partial charge in [0.2, 0.25) is 0 Å². The van der Waals surface area contributed by atoms with Gasteiger partial charge in [-0.2, -0.15) is 0 Å². The van der Waals surface area contributed by atoms with Crippen molar-refractivity contribution in [2.45, 2.75) is 58.5 Å². The van der Waals surface area contributed by atoms with Gasteiger partial charge in [-0.1, -0.05) is 31.5 Å². The Hall–Kier alpha value is -0.980. The van der Waals surface area contributed by atoms with Crippen molar-refractivity contribution in [1.29, 1.82) is 0 Å². The zero-order valence-electron chi connectivity index (χ0n) is 11.3. The van der Waals surface area contributed by atoms with Crippen LogP contribution in [0.15, 0.2) is 18.2 Å². The zero-order chi connectivity index (χ0) is 12.3. The average Bonchev–Trinajstić information content (AvgIpc) is 2.16. The quantitative estimate of drug-likeness (QED) is 0.640. The van der Waals surface area contributed by atoms with Crippen LogP contribution in [-0.4, -0.2) is 5.60 Å². The summed E-state index contributed by atoms with van der Waals surface area (Å²) in [4.78, 5) is 0. The Balaban J connectivity index is 2.08. The van der Waals surface area contributed by atoms with Crippen LogP contribution >= 0.6 is 0 Å². The van der Waals surface area contributed by atoms with Crippen LogP contribution in [0.25, 0.3) is 0 Å². The van der Waals surface area contributed by atoms with Crippen molar-refractivity contribution < 1.29 is 4.74 Å². The highest BCUT2D eigenvalue weighted by Crippen LogP contribution is 2.54. The minimum absolute atomic E-state index is 0.0503. The zero-order valence-corrected chi connectivity index (χ0v) is 11.3. The fourth-order valence-corrected chi connectivity index (χ4v) is 4.06. The summed E-state index contributed by atoms with van der Waals surface area (Å²) in [6.07, 6.45) is 3.65. The molecular formula is C16H22O. The molecule has 1 heterocycles. The first-order chi connectivity index (χ1) is 7.87. The number of hydrogen-bond donors (Lipinski definition) is 0. The number of aryl methyl sites for hydroxylation is 1. The van der Waals surface area contributed by atoms with Gasteiger partial charge in [0.15, 0.2) is 0 Å². The minimum Gasteiger partial charge on any atom is -0.487 e. The highest BCUT2D eigenvalue weighted by atomic mass is 16.5. The summed E-state index contributed by atoms with van der Waals surface area (Å²) in [6.45, 7) is 9.20. The molecule has 1 heteroatoms. The van der Waals surface area contributed by atoms with Crippen molar-refractivity contribution >= 4 is 0 Å². The van der Waals surface area contributed by atoms with Crippen molar-refractivity contribution in [1.82, 2.24) is 0 Å². The molecule has 0 aromatic heterocycles. The molecule has 92 valence electrons. The van der Waals surface area contributed by atoms with Crippen LogP contribution < -0.4 is 4.74 Å². The topological polar surface area (TPSA) is 9.23 Å². The maximum atomic E-state index is 6.28. The third-order valence-electron chi connectivity index (χ3n) is 4.29. The summed E-state index contributed by atoms with van der Waals surface area (Å²) in [5.41, 5.74) is 3.24. The lowest BCUT2D eigenvalue weighted by Crippen LogP contribution is -2.46. The van der Waals surface area contributed by atoms with Gasteiger partial charge < -0.3 is 4.74 Å². The normalized spacial score (nSPS) is 33.8. The molecule has 1 nitrogen and oxygen atoms in total. The fraction of sp³-hybridized carbons (Fsp3) is 0.625. The van der Waals surface area contributed by atoms with Gasteiger partial charge in [0.25, 0.3) is 0 Å². The molecule has 2 aliphatic rings. The lowest BCUT2D eigenvalue weighted by molar-refractivity contribution is -0.0281. The summed E-state index contributed by atoms with van der Waals surface area (Å²) in [5.74, 6) is 1.82. The molecule has 0 N–H and O–H groups in total. The molecule has 0 unspecified atom stereocenters. The summed E-state index contributed by atoms with van der Waals surface area (Å²) >= 11 is 0. The second-order valence-electron chi connectivity index (χ2n) is 7.04. The van der Waals surface area contributed by atoms with E-state index in [0.717, 1.165) is 5.75 Å². The fourth-order valence-electron chi connectivity index (χ4n) is 4.06. The lowest BCUT2D eigenvalue weighted by Gasteiger charge is -2.50. The Morgan fingerprint density at radius 1 is 1.18 bits per heavy atom. The van der Waals surface area contributed by atoms with E-state index in [0.29, 0.717) is 11.3 Å². The predicted octanol–water partition coefficient (Wildman–Crippen LogP) is 4.44. The second-order valence-corrected chi connectivity index (χ2v) is 7.04. The van der Waals surface area contributed by atoms with Crippen molar-refractivity contribution in [2.75, 3.05) is 0 Å². The third-order valence-corrected chi connectivity index (χ3v) is 4.29. The molecule has 2 bridgehead atoms. The summed E-state index contributed by atoms with van der Waals surface area (Å²) in [7, 11) is 0. The molecule has 1 aromatic carbocycles. The Labute approximate surface area is 104 Å². The number of benzene rings is 1. The molecule has 0 spiro atoms. The molecule has 0 amide bonds. The largest absolute Gasteiger partial charge is 0.487 e. The molecule has 1 aromatic rings. The van der Waals surface area contributed by atoms with Gasteiger partial charge in [0.1, 0.15) is 11.4 Å². The Morgan fingerprint density at radius 2 is 1.94 bits per heavy atom. The summed E-state index contributed by atoms with van der Waals surface area (Å²) < 4.78 is 6.28. The Kier molecular flexibility index (Phi) is 2.14. The van der Waals surface area contributed by atoms with Gasteiger partial charge in [-0.05, 0) is 56.1 Å². The monoisotopic (exact) mass is 230 g/mol. The van der Waals surface area contributed by atoms with Gasteiger partial charge in [-0.3, -0.25) is 0 Å². The van der Waals surface area contributed by atoms with E-state index in [2.05, 4.69) is 45.9 Å². The maximum absolute atomic E-state index is 6.28. The van der Waals surface area contributed by atoms with Gasteiger partial charge in [-0.25, -0.2) is 0 Å². The smallest absolute Gasteiger partial charge is 0.123 e. The Morgan fingerprint density at radius 3 is 2.71 bits per heavy atom. The summed E-state index contributed by atoms with van der Waals surface area (Å²) in [6, 6.07) is 6.64. The number of hydrogen-bond acceptors (Lipinski definition) is 1. The van der Waals surface area contributed by atoms with E-state index in [1.54, 1.807) is 0 Å². The standard InChI is InChI=1S/C16H22O/c1-11-5-6-14-13(7-11)12-8-15(2,3)10-16(4,9-12)17-14/h5-7,12H,8-10H2,1-4H3/t12-,16-/m0/s1. The number of rotatable bonds is 0. The van der Waals surface area contributed by atoms with E-state index in [9.17, 15) is 0 Å². The molecule has 2 atom stereocenters. The van der Waals surface area contributed by atoms with E-state index in [-0.39, 0.29) is 5.60 Å². The minimum atomic E-state index is 0.0503. The predicted molar refractivity (Wildman–Crippen MR) is 70.6 cm³/mol. The van der Waals surface area contributed by atoms with Crippen LogP contribution in [0.2, 0.25) is 0 Å². The molecular weight excluding hydrogens is 208 g/mol. The van der Waals surface area contributed by atoms with Crippen LogP contribution in [0.3, 0.4) is 0 Å². The SMILES string of the molecule is Cc1ccc2c(c1)[C@H]1CC(C)(C)C[C@](C)(C1)O2. The molecule has 1 fully saturated rings. The van der Waals surface area contributed by atoms with Crippen LogP contribution in [0.4, 0.5) is 0 Å². The average molecular weight is 230 g/mol. The first-order valence-electron chi connectivity index (χ1n) is 6.67. The lowest BCUT2D eigenvalue weighted by atomic mass is 9.63. The van der Waals surface area contributed by atoms with Gasteiger partial charge in [0, 0.05) is 0 Å². The molecule has 0 radical (unpaired) electrons. The summed E-state index contributed by atoms with van der Waals surface area (Å²) in [5, 5.41) is 0. The third kappa shape index (κ3) is 1.86. The van der Waals surface area contributed by atoms with Crippen molar-refractivity contribution in [2.24, 2.45) is 5.41 Å². The molecule has 3 rings (SSSR count). The first-order valence-corrected chi connectivity index (χ1v) is 6.67. The molecule has 1 aliphatic carbocycles. The van der Waals surface area contributed by atoms with E-state index >= 15 is 0 Å². The molecule has 1 aliphatic heterocycles. The van der Waals surface area contributed by atoms with E-state index < -0.39 is 0 Å². The van der Waals surface area contributed by atoms with E-state index in [1.807, 2.05) is 0 Å². The second kappa shape index (κ2) is 3.28. The molecule has 0 saturated heterocycles. The van der Waals surface area contributed by atoms with E-state index in [1.165, 1.54) is 30.4 Å². The van der Waals surface area contributed by atoms with Crippen LogP contribution in [0, 0.1) is 12.3 Å². The van der Waals surface area contributed by atoms with Crippen molar-refractivity contribution in [3.63, 3.8) is 0 Å². The number of fused-ring (bicyclic) bond motifs is 4. The molecule has 17 heavy (non-hydrogen) atoms. The Bertz CT molecular complexity index is 461. The molecule has 1 saturated carbocycles. The highest BCUT2D eigenvalue weighted by molar-refractivity contribution is 5.42. The first kappa shape index (κ1) is 11.1. The highest BCUT2D eigenvalue weighted by Gasteiger charge is 2.47. The van der Waals surface area contributed by atoms with E-state index in [4.69, 9.17) is 4.74 Å². The van der Waals surface area contributed by atoms with Crippen LogP contribution in [-0.2, 0) is 0 Å². The van der Waals surface area contributed by atoms with Gasteiger partial charge in [0.05, 0.1) is 0 Å². The van der Waals surface area contributed by atoms with Crippen LogP contribution in [0.1, 0.15) is 57.1 Å². The number of ether oxygens (including phenoxy) is 1. The van der Waals surface area contributed by atoms with Gasteiger partial charge >= 0.3 is 0 Å². The maximum Gasteiger partial charge on any atom is 0.123 e. The van der Waals surface area contributed by atoms with Gasteiger partial charge in [-0.15, -0.1) is 0 Å². The van der Waals surface area contributed by atoms with Crippen LogP contribution in [0.5, 0.6) is 5.75 Å².